The summed E-state index contributed by atoms with van der Waals surface area (Å²) in [5.41, 5.74) is -0.411. The Hall–Kier alpha value is -0.370. The van der Waals surface area contributed by atoms with Gasteiger partial charge in [-0.05, 0) is 81.5 Å². The van der Waals surface area contributed by atoms with Gasteiger partial charge in [0.05, 0.1) is 5.60 Å². The minimum atomic E-state index is -0.420. The van der Waals surface area contributed by atoms with E-state index in [4.69, 9.17) is 0 Å². The van der Waals surface area contributed by atoms with E-state index in [1.165, 1.54) is 19.3 Å². The molecule has 0 saturated heterocycles. The maximum Gasteiger partial charge on any atom is 0.139 e. The van der Waals surface area contributed by atoms with Gasteiger partial charge < -0.3 is 5.11 Å². The molecule has 20 heavy (non-hydrogen) atoms. The molecule has 1 N–H and O–H groups in total. The lowest BCUT2D eigenvalue weighted by atomic mass is 9.53. The van der Waals surface area contributed by atoms with Crippen LogP contribution in [0.2, 0.25) is 0 Å². The summed E-state index contributed by atoms with van der Waals surface area (Å²) in [6.07, 6.45) is 8.96. The van der Waals surface area contributed by atoms with Crippen LogP contribution in [0, 0.1) is 35.0 Å². The van der Waals surface area contributed by atoms with Gasteiger partial charge in [0.1, 0.15) is 5.78 Å². The molecule has 0 aromatic rings. The van der Waals surface area contributed by atoms with E-state index in [2.05, 4.69) is 6.92 Å². The standard InChI is InChI=1S/C18H28O2/c1-17(20)9-11-3-4-13-12(14(11)10-17)7-8-18(2)15(13)5-6-16(18)19/h11-15,20H,3-10H2,1-2H3/t11-,12+,13-,14+,15+,17+,18+/m1/s1. The quantitative estimate of drug-likeness (QED) is 0.734. The SMILES string of the molecule is C[C@]1(O)C[C@H]2CC[C@@H]3[C@H](CC[C@]4(C)C(=O)CC[C@@H]34)[C@H]2C1. The van der Waals surface area contributed by atoms with Gasteiger partial charge in [0.2, 0.25) is 0 Å². The van der Waals surface area contributed by atoms with Crippen LogP contribution in [0.25, 0.3) is 0 Å². The van der Waals surface area contributed by atoms with Crippen molar-refractivity contribution in [3.63, 3.8) is 0 Å². The van der Waals surface area contributed by atoms with Crippen molar-refractivity contribution in [3.05, 3.63) is 0 Å². The summed E-state index contributed by atoms with van der Waals surface area (Å²) in [4.78, 5) is 12.3. The Bertz CT molecular complexity index is 441. The fourth-order valence-corrected chi connectivity index (χ4v) is 6.73. The summed E-state index contributed by atoms with van der Waals surface area (Å²) in [7, 11) is 0. The molecule has 4 rings (SSSR count). The molecule has 0 aliphatic heterocycles. The Balaban J connectivity index is 1.61. The average Bonchev–Trinajstić information content (AvgIpc) is 2.85. The second-order valence-corrected chi connectivity index (χ2v) is 8.76. The van der Waals surface area contributed by atoms with Crippen molar-refractivity contribution < 1.29 is 9.90 Å². The van der Waals surface area contributed by atoms with Crippen molar-refractivity contribution in [3.8, 4) is 0 Å². The Morgan fingerprint density at radius 1 is 1.00 bits per heavy atom. The number of rotatable bonds is 0. The maximum atomic E-state index is 12.3. The molecule has 0 spiro atoms. The van der Waals surface area contributed by atoms with Crippen LogP contribution in [0.3, 0.4) is 0 Å². The van der Waals surface area contributed by atoms with Gasteiger partial charge >= 0.3 is 0 Å². The van der Waals surface area contributed by atoms with E-state index in [1.54, 1.807) is 0 Å². The first-order valence-electron chi connectivity index (χ1n) is 8.66. The highest BCUT2D eigenvalue weighted by Crippen LogP contribution is 2.62. The summed E-state index contributed by atoms with van der Waals surface area (Å²) in [6, 6.07) is 0. The van der Waals surface area contributed by atoms with Crippen LogP contribution < -0.4 is 0 Å². The molecule has 0 radical (unpaired) electrons. The second kappa shape index (κ2) is 4.09. The largest absolute Gasteiger partial charge is 0.390 e. The van der Waals surface area contributed by atoms with Gasteiger partial charge in [0, 0.05) is 11.8 Å². The zero-order valence-electron chi connectivity index (χ0n) is 12.9. The third-order valence-corrected chi connectivity index (χ3v) is 7.61. The van der Waals surface area contributed by atoms with Gasteiger partial charge in [-0.3, -0.25) is 4.79 Å². The average molecular weight is 276 g/mol. The van der Waals surface area contributed by atoms with E-state index in [0.717, 1.165) is 55.8 Å². The fourth-order valence-electron chi connectivity index (χ4n) is 6.73. The molecule has 7 atom stereocenters. The zero-order chi connectivity index (χ0) is 14.1. The number of ketones is 1. The highest BCUT2D eigenvalue weighted by Gasteiger charge is 2.58. The topological polar surface area (TPSA) is 37.3 Å². The maximum absolute atomic E-state index is 12.3. The molecule has 2 heteroatoms. The lowest BCUT2D eigenvalue weighted by Crippen LogP contribution is -2.46. The Kier molecular flexibility index (Phi) is 2.72. The highest BCUT2D eigenvalue weighted by molar-refractivity contribution is 5.87. The van der Waals surface area contributed by atoms with E-state index in [1.807, 2.05) is 6.92 Å². The Labute approximate surface area is 122 Å². The van der Waals surface area contributed by atoms with Gasteiger partial charge in [-0.15, -0.1) is 0 Å². The van der Waals surface area contributed by atoms with Crippen molar-refractivity contribution in [2.45, 2.75) is 70.8 Å². The number of hydrogen-bond donors (Lipinski definition) is 1. The lowest BCUT2D eigenvalue weighted by Gasteiger charge is -2.51. The first-order chi connectivity index (χ1) is 9.41. The van der Waals surface area contributed by atoms with Crippen molar-refractivity contribution in [2.75, 3.05) is 0 Å². The van der Waals surface area contributed by atoms with Crippen LogP contribution in [-0.2, 0) is 4.79 Å². The fraction of sp³-hybridized carbons (Fsp3) is 0.944. The molecule has 0 aromatic heterocycles. The Morgan fingerprint density at radius 3 is 2.60 bits per heavy atom. The van der Waals surface area contributed by atoms with Gasteiger partial charge in [0.15, 0.2) is 0 Å². The van der Waals surface area contributed by atoms with Crippen LogP contribution in [-0.4, -0.2) is 16.5 Å². The van der Waals surface area contributed by atoms with Gasteiger partial charge in [0.25, 0.3) is 0 Å². The molecule has 0 heterocycles. The number of aliphatic hydroxyl groups is 1. The van der Waals surface area contributed by atoms with E-state index in [9.17, 15) is 9.90 Å². The van der Waals surface area contributed by atoms with E-state index < -0.39 is 5.60 Å². The second-order valence-electron chi connectivity index (χ2n) is 8.76. The van der Waals surface area contributed by atoms with E-state index in [0.29, 0.717) is 11.7 Å². The summed E-state index contributed by atoms with van der Waals surface area (Å²) in [5, 5.41) is 10.4. The molecule has 4 aliphatic rings. The first kappa shape index (κ1) is 13.3. The third-order valence-electron chi connectivity index (χ3n) is 7.61. The number of hydrogen-bond acceptors (Lipinski definition) is 2. The first-order valence-corrected chi connectivity index (χ1v) is 8.66. The van der Waals surface area contributed by atoms with Crippen LogP contribution in [0.5, 0.6) is 0 Å². The van der Waals surface area contributed by atoms with Crippen molar-refractivity contribution in [1.29, 1.82) is 0 Å². The van der Waals surface area contributed by atoms with Gasteiger partial charge in [-0.1, -0.05) is 6.92 Å². The van der Waals surface area contributed by atoms with Crippen LogP contribution in [0.4, 0.5) is 0 Å². The molecule has 4 aliphatic carbocycles. The minimum Gasteiger partial charge on any atom is -0.390 e. The van der Waals surface area contributed by atoms with Gasteiger partial charge in [-0.2, -0.15) is 0 Å². The number of carbonyl (C=O) groups excluding carboxylic acids is 1. The molecule has 0 bridgehead atoms. The smallest absolute Gasteiger partial charge is 0.139 e. The molecule has 0 aromatic carbocycles. The van der Waals surface area contributed by atoms with Crippen LogP contribution >= 0.6 is 0 Å². The predicted molar refractivity (Wildman–Crippen MR) is 78.1 cm³/mol. The molecule has 0 unspecified atom stereocenters. The number of carbonyl (C=O) groups is 1. The molecule has 0 amide bonds. The Morgan fingerprint density at radius 2 is 1.80 bits per heavy atom. The zero-order valence-corrected chi connectivity index (χ0v) is 12.9. The van der Waals surface area contributed by atoms with E-state index in [-0.39, 0.29) is 5.41 Å². The van der Waals surface area contributed by atoms with E-state index >= 15 is 0 Å². The summed E-state index contributed by atoms with van der Waals surface area (Å²) in [6.45, 7) is 4.28. The molecule has 4 saturated carbocycles. The van der Waals surface area contributed by atoms with Crippen molar-refractivity contribution >= 4 is 5.78 Å². The molecular formula is C18H28O2. The highest BCUT2D eigenvalue weighted by atomic mass is 16.3. The normalized spacial score (nSPS) is 58.1. The lowest BCUT2D eigenvalue weighted by molar-refractivity contribution is -0.132. The minimum absolute atomic E-state index is 0.00905. The summed E-state index contributed by atoms with van der Waals surface area (Å²) < 4.78 is 0. The third kappa shape index (κ3) is 1.70. The summed E-state index contributed by atoms with van der Waals surface area (Å²) in [5.74, 6) is 4.26. The molecule has 4 fully saturated rings. The van der Waals surface area contributed by atoms with Crippen LogP contribution in [0.15, 0.2) is 0 Å². The number of fused-ring (bicyclic) bond motifs is 5. The summed E-state index contributed by atoms with van der Waals surface area (Å²) >= 11 is 0. The number of Topliss-reactive ketones (excluding diaryl/α,β-unsaturated/α-hetero) is 1. The van der Waals surface area contributed by atoms with Crippen molar-refractivity contribution in [2.24, 2.45) is 35.0 Å². The van der Waals surface area contributed by atoms with Gasteiger partial charge in [-0.25, -0.2) is 0 Å². The van der Waals surface area contributed by atoms with Crippen LogP contribution in [0.1, 0.15) is 65.2 Å². The molecule has 112 valence electrons. The molecular weight excluding hydrogens is 248 g/mol. The van der Waals surface area contributed by atoms with Crippen molar-refractivity contribution in [1.82, 2.24) is 0 Å². The monoisotopic (exact) mass is 276 g/mol. The molecule has 2 nitrogen and oxygen atoms in total. The predicted octanol–water partition coefficient (Wildman–Crippen LogP) is 3.57.